The lowest BCUT2D eigenvalue weighted by Crippen LogP contribution is -2.43. The highest BCUT2D eigenvalue weighted by Crippen LogP contribution is 2.50. The highest BCUT2D eigenvalue weighted by molar-refractivity contribution is 6.10. The number of hydrogen-bond donors (Lipinski definition) is 3. The summed E-state index contributed by atoms with van der Waals surface area (Å²) in [6.07, 6.45) is -24.3. The number of alkyl halides is 15. The number of rotatable bonds is 13. The minimum atomic E-state index is -5.05. The summed E-state index contributed by atoms with van der Waals surface area (Å²) in [6.45, 7) is 24.9. The van der Waals surface area contributed by atoms with Crippen LogP contribution in [-0.2, 0) is 59.6 Å². The molecule has 3 fully saturated rings. The summed E-state index contributed by atoms with van der Waals surface area (Å²) in [7, 11) is 0. The molecule has 0 radical (unpaired) electrons. The number of halogens is 15. The molecule has 27 heteroatoms. The summed E-state index contributed by atoms with van der Waals surface area (Å²) < 4.78 is 199. The van der Waals surface area contributed by atoms with Crippen molar-refractivity contribution in [3.63, 3.8) is 0 Å². The van der Waals surface area contributed by atoms with Crippen LogP contribution in [0.15, 0.2) is 109 Å². The molecule has 0 spiro atoms. The maximum absolute atomic E-state index is 13.6. The van der Waals surface area contributed by atoms with Gasteiger partial charge in [-0.05, 0) is 167 Å². The predicted octanol–water partition coefficient (Wildman–Crippen LogP) is 19.6. The topological polar surface area (TPSA) is 148 Å². The molecule has 102 heavy (non-hydrogen) atoms. The van der Waals surface area contributed by atoms with E-state index in [1.807, 2.05) is 117 Å². The van der Waals surface area contributed by atoms with Gasteiger partial charge < -0.3 is 30.7 Å². The Morgan fingerprint density at radius 2 is 0.735 bits per heavy atom. The van der Waals surface area contributed by atoms with Crippen LogP contribution >= 0.6 is 0 Å². The number of carbonyl (C=O) groups is 6. The molecule has 3 heterocycles. The number of para-hydroxylation sites is 3. The zero-order chi connectivity index (χ0) is 76.0. The fourth-order valence-electron chi connectivity index (χ4n) is 13.8. The Kier molecular flexibility index (Phi) is 24.3. The van der Waals surface area contributed by atoms with E-state index in [9.17, 15) is 94.6 Å². The summed E-state index contributed by atoms with van der Waals surface area (Å²) in [4.78, 5) is 84.5. The SMILES string of the molecule is C.CC[C@@]1(C(=O)Nc2cc(C)cc(C(F)(F)F)c2)CN(c2c(C)cccc2C)C(=O)[C@H]1C.Cc1cccc(C)c1N1C[C@@](CC(C)C)(C(=O)Nc2cc(C(F)(F)F)cc(C(F)(F)F)c2)[C@H](C)C1=O.Cc1cccc(C)c1N1C[C@](C(=O)Nc2cc(C(F)(F)F)cc(C(F)(F)F)c2)(C(C)C)CC1=O. The molecule has 554 valence electrons. The van der Waals surface area contributed by atoms with Crippen molar-refractivity contribution >= 4 is 69.6 Å². The van der Waals surface area contributed by atoms with Gasteiger partial charge in [0, 0.05) is 60.2 Å². The summed E-state index contributed by atoms with van der Waals surface area (Å²) in [6, 6.07) is 22.0. The summed E-state index contributed by atoms with van der Waals surface area (Å²) >= 11 is 0. The van der Waals surface area contributed by atoms with Crippen molar-refractivity contribution in [3.05, 3.63) is 176 Å². The Hall–Kier alpha value is -8.91. The molecule has 0 bridgehead atoms. The Labute approximate surface area is 582 Å². The maximum Gasteiger partial charge on any atom is 0.416 e. The molecule has 3 N–H and O–H groups in total. The second-order valence-electron chi connectivity index (χ2n) is 27.3. The third-order valence-corrected chi connectivity index (χ3v) is 19.4. The van der Waals surface area contributed by atoms with E-state index in [1.165, 1.54) is 15.9 Å². The summed E-state index contributed by atoms with van der Waals surface area (Å²) in [5, 5.41) is 7.19. The van der Waals surface area contributed by atoms with Crippen LogP contribution in [0, 0.1) is 88.4 Å². The highest BCUT2D eigenvalue weighted by Gasteiger charge is 2.57. The lowest BCUT2D eigenvalue weighted by atomic mass is 9.72. The second-order valence-corrected chi connectivity index (χ2v) is 27.3. The highest BCUT2D eigenvalue weighted by atomic mass is 19.4. The molecule has 0 saturated carbocycles. The van der Waals surface area contributed by atoms with Crippen molar-refractivity contribution in [1.82, 2.24) is 0 Å². The monoisotopic (exact) mass is 1450 g/mol. The lowest BCUT2D eigenvalue weighted by Gasteiger charge is -2.32. The van der Waals surface area contributed by atoms with Crippen LogP contribution in [0.1, 0.15) is 142 Å². The van der Waals surface area contributed by atoms with Crippen molar-refractivity contribution in [2.45, 2.75) is 155 Å². The first-order chi connectivity index (χ1) is 46.4. The first kappa shape index (κ1) is 82.0. The zero-order valence-electron chi connectivity index (χ0n) is 57.9. The maximum atomic E-state index is 13.6. The van der Waals surface area contributed by atoms with Gasteiger partial charge in [0.25, 0.3) is 0 Å². The molecule has 12 nitrogen and oxygen atoms in total. The van der Waals surface area contributed by atoms with E-state index in [0.717, 1.165) is 51.2 Å². The third kappa shape index (κ3) is 17.2. The van der Waals surface area contributed by atoms with Crippen molar-refractivity contribution in [2.75, 3.05) is 50.3 Å². The van der Waals surface area contributed by atoms with Crippen LogP contribution in [0.3, 0.4) is 0 Å². The lowest BCUT2D eigenvalue weighted by molar-refractivity contribution is -0.144. The van der Waals surface area contributed by atoms with E-state index in [1.54, 1.807) is 39.5 Å². The minimum absolute atomic E-state index is 0. The molecule has 6 amide bonds. The Morgan fingerprint density at radius 1 is 0.441 bits per heavy atom. The smallest absolute Gasteiger partial charge is 0.326 e. The molecule has 9 rings (SSSR count). The number of nitrogens with one attached hydrogen (secondary N) is 3. The number of benzene rings is 6. The van der Waals surface area contributed by atoms with Gasteiger partial charge >= 0.3 is 30.9 Å². The quantitative estimate of drug-likeness (QED) is 0.0981. The Morgan fingerprint density at radius 3 is 1.06 bits per heavy atom. The van der Waals surface area contributed by atoms with Gasteiger partial charge in [-0.2, -0.15) is 65.9 Å². The molecule has 3 aliphatic rings. The van der Waals surface area contributed by atoms with E-state index in [4.69, 9.17) is 0 Å². The average molecular weight is 1450 g/mol. The molecular formula is C75H83F15N6O6. The second kappa shape index (κ2) is 30.2. The predicted molar refractivity (Wildman–Crippen MR) is 361 cm³/mol. The number of nitrogens with zero attached hydrogens (tertiary/aromatic N) is 3. The Bertz CT molecular complexity index is 4030. The first-order valence-electron chi connectivity index (χ1n) is 32.3. The van der Waals surface area contributed by atoms with Gasteiger partial charge in [0.05, 0.1) is 55.9 Å². The number of hydrogen-bond acceptors (Lipinski definition) is 6. The van der Waals surface area contributed by atoms with Crippen LogP contribution in [0.5, 0.6) is 0 Å². The van der Waals surface area contributed by atoms with E-state index < -0.39 is 122 Å². The van der Waals surface area contributed by atoms with E-state index in [-0.39, 0.29) is 81.4 Å². The molecule has 0 aliphatic carbocycles. The van der Waals surface area contributed by atoms with Gasteiger partial charge in [0.2, 0.25) is 35.4 Å². The van der Waals surface area contributed by atoms with E-state index >= 15 is 0 Å². The van der Waals surface area contributed by atoms with Gasteiger partial charge in [-0.1, -0.05) is 110 Å². The Balaban J connectivity index is 0.000000240. The summed E-state index contributed by atoms with van der Waals surface area (Å²) in [5.41, 5.74) is -4.33. The van der Waals surface area contributed by atoms with Crippen molar-refractivity contribution in [2.24, 2.45) is 39.9 Å². The van der Waals surface area contributed by atoms with Crippen molar-refractivity contribution in [3.8, 4) is 0 Å². The van der Waals surface area contributed by atoms with Crippen LogP contribution in [0.4, 0.5) is 100.0 Å². The third-order valence-electron chi connectivity index (χ3n) is 19.4. The fraction of sp³-hybridized carbons (Fsp3) is 0.440. The van der Waals surface area contributed by atoms with Gasteiger partial charge in [0.15, 0.2) is 0 Å². The number of carbonyl (C=O) groups excluding carboxylic acids is 6. The summed E-state index contributed by atoms with van der Waals surface area (Å²) in [5.74, 6) is -4.86. The normalized spacial score (nSPS) is 20.3. The van der Waals surface area contributed by atoms with Crippen molar-refractivity contribution in [1.29, 1.82) is 0 Å². The molecular weight excluding hydrogens is 1370 g/mol. The van der Waals surface area contributed by atoms with Gasteiger partial charge in [0.1, 0.15) is 0 Å². The average Bonchev–Trinajstić information content (AvgIpc) is 1.60. The largest absolute Gasteiger partial charge is 0.416 e. The van der Waals surface area contributed by atoms with Gasteiger partial charge in [-0.25, -0.2) is 0 Å². The standard InChI is InChI=1S/C26H28F6N2O2.C24H24F6N2O2.C24H27F3N2O2.CH4/c1-14(2)12-24(13-34(22(35)17(24)5)21-15(3)7-6-8-16(21)4)23(36)33-20-10-18(25(27,28)29)9-19(11-20)26(30,31)32;1-13(2)22(11-19(33)32(12-22)20-14(3)6-5-7-15(20)4)21(34)31-18-9-16(23(25,26)27)8-17(10-18)24(28,29)30;1-6-23(22(31)28-19-11-14(2)10-18(12-19)24(25,26)27)13-29(21(30)17(23)5)20-15(3)8-7-9-16(20)4;/h6-11,14,17H,12-13H2,1-5H3,(H,33,36);5-10,13H,11-12H2,1-4H3,(H,31,34);7-12,17H,6,13H2,1-5H3,(H,28,31);1H4/t17-,24-;22-;17-,23-;/m101./s1. The van der Waals surface area contributed by atoms with Crippen LogP contribution < -0.4 is 30.7 Å². The van der Waals surface area contributed by atoms with Gasteiger partial charge in [-0.3, -0.25) is 28.8 Å². The molecule has 3 saturated heterocycles. The minimum Gasteiger partial charge on any atom is -0.326 e. The van der Waals surface area contributed by atoms with Crippen LogP contribution in [0.25, 0.3) is 0 Å². The number of anilines is 6. The number of aryl methyl sites for hydroxylation is 7. The molecule has 3 aliphatic heterocycles. The first-order valence-corrected chi connectivity index (χ1v) is 32.3. The zero-order valence-corrected chi connectivity index (χ0v) is 57.9. The fourth-order valence-corrected chi connectivity index (χ4v) is 13.8. The van der Waals surface area contributed by atoms with Crippen LogP contribution in [-0.4, -0.2) is 55.1 Å². The van der Waals surface area contributed by atoms with Gasteiger partial charge in [-0.15, -0.1) is 0 Å². The molecule has 0 aromatic heterocycles. The molecule has 0 unspecified atom stereocenters. The molecule has 5 atom stereocenters. The van der Waals surface area contributed by atoms with E-state index in [2.05, 4.69) is 16.0 Å². The van der Waals surface area contributed by atoms with Crippen LogP contribution in [0.2, 0.25) is 0 Å². The molecule has 6 aromatic rings. The number of amides is 6. The van der Waals surface area contributed by atoms with Crippen molar-refractivity contribution < 1.29 is 94.6 Å². The molecule has 6 aromatic carbocycles. The van der Waals surface area contributed by atoms with E-state index in [0.29, 0.717) is 47.6 Å².